The number of benzene rings is 1. The second-order valence-electron chi connectivity index (χ2n) is 3.48. The highest BCUT2D eigenvalue weighted by Gasteiger charge is 2.33. The summed E-state index contributed by atoms with van der Waals surface area (Å²) in [7, 11) is 0. The van der Waals surface area contributed by atoms with Gasteiger partial charge in [-0.1, -0.05) is 15.9 Å². The Hall–Kier alpha value is -1.90. The minimum atomic E-state index is -4.54. The summed E-state index contributed by atoms with van der Waals surface area (Å²) in [6.07, 6.45) is -3.38. The molecule has 0 unspecified atom stereocenters. The van der Waals surface area contributed by atoms with Crippen molar-refractivity contribution in [3.63, 3.8) is 0 Å². The normalized spacial score (nSPS) is 11.4. The van der Waals surface area contributed by atoms with E-state index in [9.17, 15) is 18.0 Å². The minimum absolute atomic E-state index is 0.0569. The quantitative estimate of drug-likeness (QED) is 0.887. The Bertz CT molecular complexity index is 597. The van der Waals surface area contributed by atoms with Crippen LogP contribution in [-0.4, -0.2) is 21.1 Å². The van der Waals surface area contributed by atoms with Crippen LogP contribution in [0.2, 0.25) is 0 Å². The van der Waals surface area contributed by atoms with E-state index in [0.717, 1.165) is 12.1 Å². The molecule has 0 atom stereocenters. The van der Waals surface area contributed by atoms with Gasteiger partial charge in [0.2, 0.25) is 5.95 Å². The van der Waals surface area contributed by atoms with Crippen LogP contribution in [0.25, 0.3) is 0 Å². The first-order valence-electron chi connectivity index (χ1n) is 4.91. The zero-order chi connectivity index (χ0) is 14.0. The van der Waals surface area contributed by atoms with Crippen molar-refractivity contribution >= 4 is 27.8 Å². The van der Waals surface area contributed by atoms with Crippen LogP contribution in [-0.2, 0) is 6.18 Å². The number of carbonyl (C=O) groups excluding carboxylic acids is 1. The third-order valence-corrected chi connectivity index (χ3v) is 2.87. The van der Waals surface area contributed by atoms with E-state index in [1.54, 1.807) is 0 Å². The number of rotatable bonds is 2. The Morgan fingerprint density at radius 3 is 2.68 bits per heavy atom. The number of aromatic amines is 1. The van der Waals surface area contributed by atoms with Crippen molar-refractivity contribution in [3.05, 3.63) is 40.1 Å². The van der Waals surface area contributed by atoms with Crippen molar-refractivity contribution in [1.29, 1.82) is 0 Å². The summed E-state index contributed by atoms with van der Waals surface area (Å²) in [6.45, 7) is 0. The fraction of sp³-hybridized carbons (Fsp3) is 0.100. The molecule has 0 fully saturated rings. The highest BCUT2D eigenvalue weighted by Crippen LogP contribution is 2.35. The SMILES string of the molecule is O=C(Nc1ncn[nH]1)c1ccc(Br)c(C(F)(F)F)c1. The van der Waals surface area contributed by atoms with Gasteiger partial charge in [-0.2, -0.15) is 23.3 Å². The average molecular weight is 335 g/mol. The fourth-order valence-corrected chi connectivity index (χ4v) is 1.80. The second kappa shape index (κ2) is 5.00. The van der Waals surface area contributed by atoms with E-state index in [1.165, 1.54) is 12.4 Å². The lowest BCUT2D eigenvalue weighted by Crippen LogP contribution is -2.15. The number of alkyl halides is 3. The second-order valence-corrected chi connectivity index (χ2v) is 4.33. The maximum absolute atomic E-state index is 12.7. The summed E-state index contributed by atoms with van der Waals surface area (Å²) in [5, 5.41) is 8.16. The Balaban J connectivity index is 2.28. The van der Waals surface area contributed by atoms with Gasteiger partial charge in [0.15, 0.2) is 0 Å². The van der Waals surface area contributed by atoms with Crippen molar-refractivity contribution in [1.82, 2.24) is 15.2 Å². The van der Waals surface area contributed by atoms with Gasteiger partial charge in [0.25, 0.3) is 5.91 Å². The smallest absolute Gasteiger partial charge is 0.291 e. The van der Waals surface area contributed by atoms with Crippen molar-refractivity contribution in [3.8, 4) is 0 Å². The molecule has 1 aromatic carbocycles. The molecule has 2 rings (SSSR count). The highest BCUT2D eigenvalue weighted by atomic mass is 79.9. The summed E-state index contributed by atoms with van der Waals surface area (Å²) in [5.41, 5.74) is -1.05. The molecule has 0 saturated carbocycles. The minimum Gasteiger partial charge on any atom is -0.291 e. The van der Waals surface area contributed by atoms with Gasteiger partial charge in [-0.05, 0) is 18.2 Å². The molecule has 0 radical (unpaired) electrons. The van der Waals surface area contributed by atoms with Gasteiger partial charge < -0.3 is 0 Å². The highest BCUT2D eigenvalue weighted by molar-refractivity contribution is 9.10. The maximum Gasteiger partial charge on any atom is 0.417 e. The van der Waals surface area contributed by atoms with Crippen LogP contribution in [0.15, 0.2) is 29.0 Å². The fourth-order valence-electron chi connectivity index (χ4n) is 1.33. The number of anilines is 1. The number of carbonyl (C=O) groups is 1. The Morgan fingerprint density at radius 2 is 2.11 bits per heavy atom. The number of hydrogen-bond donors (Lipinski definition) is 2. The Morgan fingerprint density at radius 1 is 1.37 bits per heavy atom. The van der Waals surface area contributed by atoms with Crippen molar-refractivity contribution in [2.45, 2.75) is 6.18 Å². The molecule has 0 aliphatic carbocycles. The monoisotopic (exact) mass is 334 g/mol. The number of H-pyrrole nitrogens is 1. The van der Waals surface area contributed by atoms with Gasteiger partial charge in [0.05, 0.1) is 5.56 Å². The van der Waals surface area contributed by atoms with Crippen LogP contribution in [0.4, 0.5) is 19.1 Å². The number of amides is 1. The average Bonchev–Trinajstić information content (AvgIpc) is 2.80. The van der Waals surface area contributed by atoms with Gasteiger partial charge in [0, 0.05) is 10.0 Å². The predicted molar refractivity (Wildman–Crippen MR) is 63.5 cm³/mol. The van der Waals surface area contributed by atoms with E-state index in [-0.39, 0.29) is 16.0 Å². The summed E-state index contributed by atoms with van der Waals surface area (Å²) in [5.74, 6) is -0.656. The molecule has 19 heavy (non-hydrogen) atoms. The van der Waals surface area contributed by atoms with E-state index in [0.29, 0.717) is 0 Å². The van der Waals surface area contributed by atoms with E-state index in [4.69, 9.17) is 0 Å². The van der Waals surface area contributed by atoms with Crippen LogP contribution in [0.3, 0.4) is 0 Å². The topological polar surface area (TPSA) is 70.7 Å². The molecule has 100 valence electrons. The lowest BCUT2D eigenvalue weighted by molar-refractivity contribution is -0.138. The van der Waals surface area contributed by atoms with Crippen LogP contribution in [0.1, 0.15) is 15.9 Å². The molecule has 1 amide bonds. The molecule has 2 aromatic rings. The van der Waals surface area contributed by atoms with Crippen LogP contribution < -0.4 is 5.32 Å². The third kappa shape index (κ3) is 3.11. The number of nitrogens with one attached hydrogen (secondary N) is 2. The standard InChI is InChI=1S/C10H6BrF3N4O/c11-7-2-1-5(3-6(7)10(12,13)14)8(19)17-9-15-4-16-18-9/h1-4H,(H2,15,16,17,18,19). The van der Waals surface area contributed by atoms with Crippen LogP contribution in [0.5, 0.6) is 0 Å². The van der Waals surface area contributed by atoms with Crippen molar-refractivity contribution < 1.29 is 18.0 Å². The number of hydrogen-bond acceptors (Lipinski definition) is 3. The van der Waals surface area contributed by atoms with Gasteiger partial charge in [-0.15, -0.1) is 0 Å². The Kier molecular flexibility index (Phi) is 3.56. The molecule has 1 aromatic heterocycles. The van der Waals surface area contributed by atoms with E-state index < -0.39 is 17.6 Å². The first-order valence-corrected chi connectivity index (χ1v) is 5.70. The van der Waals surface area contributed by atoms with Gasteiger partial charge in [-0.3, -0.25) is 10.1 Å². The third-order valence-electron chi connectivity index (χ3n) is 2.18. The molecular weight excluding hydrogens is 329 g/mol. The summed E-state index contributed by atoms with van der Waals surface area (Å²) in [6, 6.07) is 3.19. The molecular formula is C10H6BrF3N4O. The number of nitrogens with zero attached hydrogens (tertiary/aromatic N) is 2. The van der Waals surface area contributed by atoms with E-state index in [1.807, 2.05) is 0 Å². The van der Waals surface area contributed by atoms with Crippen LogP contribution >= 0.6 is 15.9 Å². The van der Waals surface area contributed by atoms with Gasteiger partial charge in [-0.25, -0.2) is 5.10 Å². The van der Waals surface area contributed by atoms with Crippen molar-refractivity contribution in [2.75, 3.05) is 5.32 Å². The summed E-state index contributed by atoms with van der Waals surface area (Å²) < 4.78 is 37.9. The lowest BCUT2D eigenvalue weighted by Gasteiger charge is -2.10. The molecule has 2 N–H and O–H groups in total. The molecule has 0 saturated heterocycles. The van der Waals surface area contributed by atoms with Crippen molar-refractivity contribution in [2.24, 2.45) is 0 Å². The molecule has 1 heterocycles. The van der Waals surface area contributed by atoms with Crippen LogP contribution in [0, 0.1) is 0 Å². The summed E-state index contributed by atoms with van der Waals surface area (Å²) in [4.78, 5) is 15.4. The lowest BCUT2D eigenvalue weighted by atomic mass is 10.1. The number of halogens is 4. The molecule has 0 spiro atoms. The zero-order valence-electron chi connectivity index (χ0n) is 9.12. The molecule has 5 nitrogen and oxygen atoms in total. The maximum atomic E-state index is 12.7. The van der Waals surface area contributed by atoms with Gasteiger partial charge >= 0.3 is 6.18 Å². The van der Waals surface area contributed by atoms with E-state index >= 15 is 0 Å². The largest absolute Gasteiger partial charge is 0.417 e. The predicted octanol–water partition coefficient (Wildman–Crippen LogP) is 2.84. The molecule has 0 bridgehead atoms. The summed E-state index contributed by atoms with van der Waals surface area (Å²) >= 11 is 2.80. The van der Waals surface area contributed by atoms with E-state index in [2.05, 4.69) is 36.4 Å². The molecule has 0 aliphatic rings. The molecule has 0 aliphatic heterocycles. The molecule has 9 heteroatoms. The van der Waals surface area contributed by atoms with Gasteiger partial charge in [0.1, 0.15) is 6.33 Å². The zero-order valence-corrected chi connectivity index (χ0v) is 10.7. The number of aromatic nitrogens is 3. The Labute approximate surface area is 113 Å². The first-order chi connectivity index (χ1) is 8.88. The first kappa shape index (κ1) is 13.5.